The molecule has 3 rings (SSSR count). The first-order chi connectivity index (χ1) is 8.25. The Labute approximate surface area is 106 Å². The number of aromatic nitrogens is 2. The quantitative estimate of drug-likeness (QED) is 0.744. The van der Waals surface area contributed by atoms with Crippen molar-refractivity contribution in [3.05, 3.63) is 53.3 Å². The van der Waals surface area contributed by atoms with Gasteiger partial charge >= 0.3 is 0 Å². The normalized spacial score (nSPS) is 10.9. The van der Waals surface area contributed by atoms with E-state index in [1.807, 2.05) is 40.9 Å². The van der Waals surface area contributed by atoms with Gasteiger partial charge < -0.3 is 5.11 Å². The van der Waals surface area contributed by atoms with Crippen LogP contribution in [-0.2, 0) is 0 Å². The van der Waals surface area contributed by atoms with Crippen molar-refractivity contribution in [2.24, 2.45) is 0 Å². The van der Waals surface area contributed by atoms with Gasteiger partial charge in [-0.1, -0.05) is 6.07 Å². The molecule has 0 aliphatic carbocycles. The van der Waals surface area contributed by atoms with Crippen LogP contribution in [0.1, 0.15) is 0 Å². The lowest BCUT2D eigenvalue weighted by molar-refractivity contribution is 0.475. The van der Waals surface area contributed by atoms with E-state index in [1.54, 1.807) is 12.1 Å². The van der Waals surface area contributed by atoms with Crippen LogP contribution in [-0.4, -0.2) is 14.5 Å². The van der Waals surface area contributed by atoms with Gasteiger partial charge in [-0.15, -0.1) is 0 Å². The van der Waals surface area contributed by atoms with Crippen molar-refractivity contribution in [3.8, 4) is 17.1 Å². The Morgan fingerprint density at radius 2 is 1.82 bits per heavy atom. The molecule has 3 aromatic rings. The molecule has 1 N–H and O–H groups in total. The maximum atomic E-state index is 9.29. The second-order valence-corrected chi connectivity index (χ2v) is 4.48. The number of phenolic OH excluding ortho intramolecular Hbond substituents is 1. The average molecular weight is 289 g/mol. The van der Waals surface area contributed by atoms with Crippen LogP contribution in [0.2, 0.25) is 0 Å². The number of rotatable bonds is 1. The van der Waals surface area contributed by atoms with E-state index in [-0.39, 0.29) is 5.75 Å². The van der Waals surface area contributed by atoms with Gasteiger partial charge in [-0.25, -0.2) is 4.98 Å². The van der Waals surface area contributed by atoms with Crippen LogP contribution in [0, 0.1) is 0 Å². The van der Waals surface area contributed by atoms with Crippen molar-refractivity contribution >= 4 is 21.4 Å². The third-order valence-electron chi connectivity index (χ3n) is 2.63. The van der Waals surface area contributed by atoms with Crippen LogP contribution in [0.4, 0.5) is 0 Å². The van der Waals surface area contributed by atoms with Crippen molar-refractivity contribution in [3.63, 3.8) is 0 Å². The molecule has 17 heavy (non-hydrogen) atoms. The van der Waals surface area contributed by atoms with E-state index < -0.39 is 0 Å². The molecule has 0 amide bonds. The summed E-state index contributed by atoms with van der Waals surface area (Å²) in [6.07, 6.45) is 1.97. The Balaban J connectivity index is 2.27. The van der Waals surface area contributed by atoms with Crippen LogP contribution >= 0.6 is 15.9 Å². The molecule has 4 heteroatoms. The largest absolute Gasteiger partial charge is 0.508 e. The molecule has 0 bridgehead atoms. The molecule has 0 aliphatic heterocycles. The predicted octanol–water partition coefficient (Wildman–Crippen LogP) is 3.47. The van der Waals surface area contributed by atoms with Gasteiger partial charge in [-0.05, 0) is 52.3 Å². The van der Waals surface area contributed by atoms with Crippen LogP contribution in [0.5, 0.6) is 5.75 Å². The van der Waals surface area contributed by atoms with Crippen molar-refractivity contribution < 1.29 is 5.11 Å². The number of benzene rings is 1. The third-order valence-corrected chi connectivity index (χ3v) is 3.21. The highest BCUT2D eigenvalue weighted by Gasteiger charge is 2.09. The van der Waals surface area contributed by atoms with Crippen LogP contribution in [0.25, 0.3) is 16.9 Å². The smallest absolute Gasteiger partial charge is 0.145 e. The highest BCUT2D eigenvalue weighted by atomic mass is 79.9. The molecular formula is C13H9BrN2O. The number of phenols is 1. The fourth-order valence-electron chi connectivity index (χ4n) is 1.81. The summed E-state index contributed by atoms with van der Waals surface area (Å²) in [6.45, 7) is 0. The summed E-state index contributed by atoms with van der Waals surface area (Å²) >= 11 is 3.45. The molecule has 0 atom stereocenters. The van der Waals surface area contributed by atoms with Crippen LogP contribution in [0.15, 0.2) is 53.3 Å². The summed E-state index contributed by atoms with van der Waals surface area (Å²) in [4.78, 5) is 4.49. The Bertz CT molecular complexity index is 673. The first kappa shape index (κ1) is 10.4. The maximum Gasteiger partial charge on any atom is 0.145 e. The minimum Gasteiger partial charge on any atom is -0.508 e. The van der Waals surface area contributed by atoms with E-state index in [0.29, 0.717) is 0 Å². The average Bonchev–Trinajstić information content (AvgIpc) is 2.69. The van der Waals surface area contributed by atoms with E-state index in [9.17, 15) is 5.11 Å². The number of pyridine rings is 1. The lowest BCUT2D eigenvalue weighted by atomic mass is 10.2. The Morgan fingerprint density at radius 1 is 1.06 bits per heavy atom. The molecule has 0 fully saturated rings. The molecule has 0 saturated carbocycles. The summed E-state index contributed by atoms with van der Waals surface area (Å²) < 4.78 is 2.83. The minimum absolute atomic E-state index is 0.258. The van der Waals surface area contributed by atoms with E-state index in [4.69, 9.17) is 0 Å². The lowest BCUT2D eigenvalue weighted by Gasteiger charge is -2.00. The summed E-state index contributed by atoms with van der Waals surface area (Å²) in [6, 6.07) is 13.0. The predicted molar refractivity (Wildman–Crippen MR) is 70.0 cm³/mol. The highest BCUT2D eigenvalue weighted by molar-refractivity contribution is 9.10. The minimum atomic E-state index is 0.258. The summed E-state index contributed by atoms with van der Waals surface area (Å²) in [5.74, 6) is 1.11. The molecule has 0 aliphatic rings. The number of hydrogen-bond acceptors (Lipinski definition) is 2. The summed E-state index contributed by atoms with van der Waals surface area (Å²) in [5, 5.41) is 9.29. The van der Waals surface area contributed by atoms with Gasteiger partial charge in [0.25, 0.3) is 0 Å². The highest BCUT2D eigenvalue weighted by Crippen LogP contribution is 2.26. The number of halogens is 1. The molecule has 2 heterocycles. The molecule has 1 aromatic carbocycles. The fourth-order valence-corrected chi connectivity index (χ4v) is 2.31. The zero-order chi connectivity index (χ0) is 11.8. The Hall–Kier alpha value is -1.81. The number of imidazole rings is 1. The monoisotopic (exact) mass is 288 g/mol. The molecule has 2 aromatic heterocycles. The van der Waals surface area contributed by atoms with Crippen molar-refractivity contribution in [2.75, 3.05) is 0 Å². The first-order valence-corrected chi connectivity index (χ1v) is 5.97. The molecular weight excluding hydrogens is 280 g/mol. The van der Waals surface area contributed by atoms with E-state index in [1.165, 1.54) is 0 Å². The van der Waals surface area contributed by atoms with Gasteiger partial charge in [0.05, 0.1) is 5.52 Å². The molecule has 0 saturated heterocycles. The van der Waals surface area contributed by atoms with Crippen molar-refractivity contribution in [1.82, 2.24) is 9.38 Å². The Kier molecular flexibility index (Phi) is 2.37. The number of nitrogens with zero attached hydrogens (tertiary/aromatic N) is 2. The van der Waals surface area contributed by atoms with Crippen LogP contribution in [0.3, 0.4) is 0 Å². The Morgan fingerprint density at radius 3 is 2.59 bits per heavy atom. The van der Waals surface area contributed by atoms with Gasteiger partial charge in [-0.2, -0.15) is 0 Å². The third kappa shape index (κ3) is 1.70. The number of aromatic hydroxyl groups is 1. The van der Waals surface area contributed by atoms with Crippen LogP contribution < -0.4 is 0 Å². The maximum absolute atomic E-state index is 9.29. The zero-order valence-corrected chi connectivity index (χ0v) is 10.4. The van der Waals surface area contributed by atoms with Gasteiger partial charge in [0.1, 0.15) is 16.2 Å². The number of fused-ring (bicyclic) bond motifs is 1. The lowest BCUT2D eigenvalue weighted by Crippen LogP contribution is -1.87. The van der Waals surface area contributed by atoms with E-state index >= 15 is 0 Å². The molecule has 84 valence electrons. The fraction of sp³-hybridized carbons (Fsp3) is 0. The van der Waals surface area contributed by atoms with Crippen molar-refractivity contribution in [2.45, 2.75) is 0 Å². The topological polar surface area (TPSA) is 37.5 Å². The second-order valence-electron chi connectivity index (χ2n) is 3.73. The standard InChI is InChI=1S/C13H9BrN2O/c14-12-11-3-1-2-8-16(11)13(15-12)9-4-6-10(17)7-5-9/h1-8,17H. The van der Waals surface area contributed by atoms with E-state index in [0.717, 1.165) is 21.5 Å². The SMILES string of the molecule is Oc1ccc(-c2nc(Br)c3ccccn23)cc1. The summed E-state index contributed by atoms with van der Waals surface area (Å²) in [5.41, 5.74) is 1.99. The van der Waals surface area contributed by atoms with Gasteiger partial charge in [0.15, 0.2) is 0 Å². The first-order valence-electron chi connectivity index (χ1n) is 5.18. The van der Waals surface area contributed by atoms with Gasteiger partial charge in [0, 0.05) is 11.8 Å². The number of hydrogen-bond donors (Lipinski definition) is 1. The molecule has 0 unspecified atom stereocenters. The van der Waals surface area contributed by atoms with Gasteiger partial charge in [-0.3, -0.25) is 4.40 Å². The molecule has 0 spiro atoms. The second kappa shape index (κ2) is 3.89. The molecule has 3 nitrogen and oxygen atoms in total. The zero-order valence-electron chi connectivity index (χ0n) is 8.84. The summed E-state index contributed by atoms with van der Waals surface area (Å²) in [7, 11) is 0. The van der Waals surface area contributed by atoms with Gasteiger partial charge in [0.2, 0.25) is 0 Å². The van der Waals surface area contributed by atoms with E-state index in [2.05, 4.69) is 20.9 Å². The van der Waals surface area contributed by atoms with Crippen molar-refractivity contribution in [1.29, 1.82) is 0 Å². The molecule has 0 radical (unpaired) electrons.